The maximum atomic E-state index is 11.3. The first-order valence-corrected chi connectivity index (χ1v) is 6.16. The summed E-state index contributed by atoms with van der Waals surface area (Å²) in [5.74, 6) is 1.79. The lowest BCUT2D eigenvalue weighted by Gasteiger charge is -2.28. The zero-order chi connectivity index (χ0) is 13.0. The van der Waals surface area contributed by atoms with E-state index in [4.69, 9.17) is 22.8 Å². The van der Waals surface area contributed by atoms with Crippen LogP contribution in [0.5, 0.6) is 0 Å². The van der Waals surface area contributed by atoms with E-state index in [0.717, 1.165) is 11.4 Å². The van der Waals surface area contributed by atoms with Crippen LogP contribution in [0.2, 0.25) is 5.02 Å². The number of hydrogen-bond donors (Lipinski definition) is 1. The van der Waals surface area contributed by atoms with Crippen LogP contribution in [0.25, 0.3) is 0 Å². The van der Waals surface area contributed by atoms with E-state index >= 15 is 0 Å². The second-order valence-corrected chi connectivity index (χ2v) is 4.70. The molecule has 1 N–H and O–H groups in total. The van der Waals surface area contributed by atoms with E-state index in [1.54, 1.807) is 0 Å². The zero-order valence-corrected chi connectivity index (χ0v) is 10.6. The van der Waals surface area contributed by atoms with Crippen molar-refractivity contribution >= 4 is 17.4 Å². The van der Waals surface area contributed by atoms with E-state index in [9.17, 15) is 4.79 Å². The van der Waals surface area contributed by atoms with Gasteiger partial charge in [-0.25, -0.2) is 0 Å². The molecule has 1 aromatic carbocycles. The van der Waals surface area contributed by atoms with Crippen molar-refractivity contribution in [3.05, 3.63) is 34.9 Å². The molecule has 1 fully saturated rings. The predicted molar refractivity (Wildman–Crippen MR) is 70.5 cm³/mol. The van der Waals surface area contributed by atoms with Gasteiger partial charge in [0.1, 0.15) is 6.10 Å². The summed E-state index contributed by atoms with van der Waals surface area (Å²) >= 11 is 5.83. The highest BCUT2D eigenvalue weighted by atomic mass is 35.5. The highest BCUT2D eigenvalue weighted by molar-refractivity contribution is 6.30. The summed E-state index contributed by atoms with van der Waals surface area (Å²) in [7, 11) is 0. The molecule has 2 unspecified atom stereocenters. The third-order valence-electron chi connectivity index (χ3n) is 2.92. The van der Waals surface area contributed by atoms with Crippen LogP contribution in [0.15, 0.2) is 24.3 Å². The van der Waals surface area contributed by atoms with E-state index in [1.165, 1.54) is 5.56 Å². The summed E-state index contributed by atoms with van der Waals surface area (Å²) in [5, 5.41) is 4.00. The molecular weight excluding hydrogens is 250 g/mol. The average Bonchev–Trinajstić information content (AvgIpc) is 2.41. The number of ether oxygens (including phenoxy) is 1. The minimum atomic E-state index is -0.503. The number of halogens is 1. The van der Waals surface area contributed by atoms with Gasteiger partial charge in [0.2, 0.25) is 5.78 Å². The Labute approximate surface area is 111 Å². The van der Waals surface area contributed by atoms with Crippen LogP contribution in [-0.4, -0.2) is 31.1 Å². The Hall–Kier alpha value is -1.34. The van der Waals surface area contributed by atoms with Crippen LogP contribution < -0.4 is 5.32 Å². The minimum absolute atomic E-state index is 0.202. The van der Waals surface area contributed by atoms with Gasteiger partial charge in [-0.05, 0) is 30.0 Å². The third kappa shape index (κ3) is 3.33. The first-order valence-electron chi connectivity index (χ1n) is 5.79. The van der Waals surface area contributed by atoms with Crippen molar-refractivity contribution in [1.82, 2.24) is 5.32 Å². The Morgan fingerprint density at radius 2 is 2.22 bits per heavy atom. The summed E-state index contributed by atoms with van der Waals surface area (Å²) < 4.78 is 5.46. The van der Waals surface area contributed by atoms with Crippen LogP contribution in [0, 0.1) is 12.3 Å². The molecular formula is C14H14ClNO2. The molecule has 1 aromatic rings. The first kappa shape index (κ1) is 13.1. The SMILES string of the molecule is C#CC(=O)C1CNC(Cc2ccc(Cl)cc2)CO1. The fourth-order valence-electron chi connectivity index (χ4n) is 1.92. The molecule has 0 spiro atoms. The van der Waals surface area contributed by atoms with Gasteiger partial charge in [0.25, 0.3) is 0 Å². The highest BCUT2D eigenvalue weighted by Crippen LogP contribution is 2.13. The lowest BCUT2D eigenvalue weighted by atomic mass is 10.0. The van der Waals surface area contributed by atoms with Gasteiger partial charge < -0.3 is 10.1 Å². The molecule has 1 aliphatic heterocycles. The molecule has 2 rings (SSSR count). The molecule has 94 valence electrons. The van der Waals surface area contributed by atoms with Crippen LogP contribution >= 0.6 is 11.6 Å². The van der Waals surface area contributed by atoms with E-state index in [0.29, 0.717) is 13.2 Å². The Morgan fingerprint density at radius 3 is 2.78 bits per heavy atom. The fourth-order valence-corrected chi connectivity index (χ4v) is 2.05. The normalized spacial score (nSPS) is 23.3. The van der Waals surface area contributed by atoms with Crippen molar-refractivity contribution in [2.75, 3.05) is 13.2 Å². The Balaban J connectivity index is 1.85. The zero-order valence-electron chi connectivity index (χ0n) is 9.86. The number of carbonyl (C=O) groups is 1. The number of hydrogen-bond acceptors (Lipinski definition) is 3. The molecule has 18 heavy (non-hydrogen) atoms. The number of rotatable bonds is 3. The van der Waals surface area contributed by atoms with Crippen molar-refractivity contribution in [1.29, 1.82) is 0 Å². The second kappa shape index (κ2) is 6.01. The number of ketones is 1. The molecule has 0 aliphatic carbocycles. The molecule has 1 saturated heterocycles. The van der Waals surface area contributed by atoms with Gasteiger partial charge in [-0.3, -0.25) is 4.79 Å². The van der Waals surface area contributed by atoms with E-state index < -0.39 is 6.10 Å². The Kier molecular flexibility index (Phi) is 4.38. The molecule has 1 aliphatic rings. The van der Waals surface area contributed by atoms with Crippen molar-refractivity contribution in [3.8, 4) is 12.3 Å². The highest BCUT2D eigenvalue weighted by Gasteiger charge is 2.25. The lowest BCUT2D eigenvalue weighted by Crippen LogP contribution is -2.49. The van der Waals surface area contributed by atoms with Gasteiger partial charge in [0.05, 0.1) is 6.61 Å². The summed E-state index contributed by atoms with van der Waals surface area (Å²) in [6.45, 7) is 0.960. The smallest absolute Gasteiger partial charge is 0.235 e. The molecule has 0 radical (unpaired) electrons. The molecule has 2 atom stereocenters. The quantitative estimate of drug-likeness (QED) is 0.663. The van der Waals surface area contributed by atoms with Gasteiger partial charge in [-0.15, -0.1) is 6.42 Å². The van der Waals surface area contributed by atoms with Crippen LogP contribution in [-0.2, 0) is 16.0 Å². The van der Waals surface area contributed by atoms with E-state index in [1.807, 2.05) is 24.3 Å². The van der Waals surface area contributed by atoms with Gasteiger partial charge in [-0.1, -0.05) is 23.7 Å². The topological polar surface area (TPSA) is 38.3 Å². The number of benzene rings is 1. The molecule has 4 heteroatoms. The number of Topliss-reactive ketones (excluding diaryl/α,β-unsaturated/α-hetero) is 1. The predicted octanol–water partition coefficient (Wildman–Crippen LogP) is 1.44. The number of morpholine rings is 1. The summed E-state index contributed by atoms with van der Waals surface area (Å²) in [5.41, 5.74) is 1.18. The summed E-state index contributed by atoms with van der Waals surface area (Å²) in [6.07, 6.45) is 5.39. The monoisotopic (exact) mass is 263 g/mol. The number of nitrogens with one attached hydrogen (secondary N) is 1. The summed E-state index contributed by atoms with van der Waals surface area (Å²) in [4.78, 5) is 11.3. The molecule has 1 heterocycles. The van der Waals surface area contributed by atoms with Crippen molar-refractivity contribution in [2.24, 2.45) is 0 Å². The fraction of sp³-hybridized carbons (Fsp3) is 0.357. The van der Waals surface area contributed by atoms with Gasteiger partial charge in [0.15, 0.2) is 0 Å². The van der Waals surface area contributed by atoms with Crippen molar-refractivity contribution < 1.29 is 9.53 Å². The van der Waals surface area contributed by atoms with Gasteiger partial charge >= 0.3 is 0 Å². The molecule has 0 bridgehead atoms. The van der Waals surface area contributed by atoms with Crippen molar-refractivity contribution in [3.63, 3.8) is 0 Å². The third-order valence-corrected chi connectivity index (χ3v) is 3.17. The van der Waals surface area contributed by atoms with Gasteiger partial charge in [0, 0.05) is 17.6 Å². The molecule has 0 aromatic heterocycles. The van der Waals surface area contributed by atoms with Gasteiger partial charge in [-0.2, -0.15) is 0 Å². The van der Waals surface area contributed by atoms with Crippen LogP contribution in [0.4, 0.5) is 0 Å². The lowest BCUT2D eigenvalue weighted by molar-refractivity contribution is -0.127. The maximum absolute atomic E-state index is 11.3. The first-order chi connectivity index (χ1) is 8.69. The Bertz CT molecular complexity index is 456. The van der Waals surface area contributed by atoms with Crippen LogP contribution in [0.1, 0.15) is 5.56 Å². The maximum Gasteiger partial charge on any atom is 0.235 e. The van der Waals surface area contributed by atoms with Crippen LogP contribution in [0.3, 0.4) is 0 Å². The summed E-state index contributed by atoms with van der Waals surface area (Å²) in [6, 6.07) is 7.91. The Morgan fingerprint density at radius 1 is 1.50 bits per heavy atom. The average molecular weight is 264 g/mol. The number of terminal acetylenes is 1. The van der Waals surface area contributed by atoms with E-state index in [-0.39, 0.29) is 11.8 Å². The second-order valence-electron chi connectivity index (χ2n) is 4.27. The number of carbonyl (C=O) groups excluding carboxylic acids is 1. The largest absolute Gasteiger partial charge is 0.366 e. The van der Waals surface area contributed by atoms with Crippen molar-refractivity contribution in [2.45, 2.75) is 18.6 Å². The molecule has 3 nitrogen and oxygen atoms in total. The minimum Gasteiger partial charge on any atom is -0.366 e. The molecule has 0 saturated carbocycles. The van der Waals surface area contributed by atoms with E-state index in [2.05, 4.69) is 11.2 Å². The standard InChI is InChI=1S/C14H14ClNO2/c1-2-13(17)14-8-16-12(9-18-14)7-10-3-5-11(15)6-4-10/h1,3-6,12,14,16H,7-9H2. The molecule has 0 amide bonds.